The number of methoxy groups -OCH3 is 1. The van der Waals surface area contributed by atoms with Gasteiger partial charge >= 0.3 is 5.97 Å². The topological polar surface area (TPSA) is 38.3 Å². The van der Waals surface area contributed by atoms with E-state index in [1.54, 1.807) is 0 Å². The molecule has 1 aromatic carbocycles. The summed E-state index contributed by atoms with van der Waals surface area (Å²) in [7, 11) is 1.46. The highest BCUT2D eigenvalue weighted by Crippen LogP contribution is 2.30. The molecule has 0 radical (unpaired) electrons. The summed E-state index contributed by atoms with van der Waals surface area (Å²) in [6.45, 7) is 6.06. The van der Waals surface area contributed by atoms with Crippen molar-refractivity contribution in [3.8, 4) is 0 Å². The Bertz CT molecular complexity index is 492. The smallest absolute Gasteiger partial charge is 0.330 e. The van der Waals surface area contributed by atoms with Gasteiger partial charge in [0.1, 0.15) is 5.54 Å². The van der Waals surface area contributed by atoms with Gasteiger partial charge in [0.25, 0.3) is 0 Å². The van der Waals surface area contributed by atoms with Crippen LogP contribution in [0.4, 0.5) is 0 Å². The lowest BCUT2D eigenvalue weighted by Gasteiger charge is -2.33. The van der Waals surface area contributed by atoms with Crippen LogP contribution in [0.15, 0.2) is 18.2 Å². The molecule has 1 N–H and O–H groups in total. The van der Waals surface area contributed by atoms with Gasteiger partial charge in [0.15, 0.2) is 0 Å². The van der Waals surface area contributed by atoms with E-state index in [0.29, 0.717) is 6.04 Å². The highest BCUT2D eigenvalue weighted by molar-refractivity contribution is 5.82. The van der Waals surface area contributed by atoms with E-state index in [0.717, 1.165) is 24.0 Å². The van der Waals surface area contributed by atoms with Gasteiger partial charge in [-0.1, -0.05) is 36.6 Å². The predicted octanol–water partition coefficient (Wildman–Crippen LogP) is 3.22. The zero-order valence-electron chi connectivity index (χ0n) is 13.0. The Morgan fingerprint density at radius 2 is 1.95 bits per heavy atom. The van der Waals surface area contributed by atoms with E-state index in [1.165, 1.54) is 25.5 Å². The van der Waals surface area contributed by atoms with E-state index < -0.39 is 5.54 Å². The summed E-state index contributed by atoms with van der Waals surface area (Å²) in [4.78, 5) is 12.4. The van der Waals surface area contributed by atoms with Gasteiger partial charge in [-0.25, -0.2) is 4.79 Å². The fourth-order valence-corrected chi connectivity index (χ4v) is 3.30. The molecule has 1 aromatic rings. The Balaban J connectivity index is 2.37. The molecule has 110 valence electrons. The third-order valence-corrected chi connectivity index (χ3v) is 4.36. The Kier molecular flexibility index (Phi) is 4.48. The molecule has 0 aliphatic heterocycles. The number of hydrogen-bond donors (Lipinski definition) is 1. The van der Waals surface area contributed by atoms with E-state index in [4.69, 9.17) is 4.74 Å². The summed E-state index contributed by atoms with van der Waals surface area (Å²) in [5.74, 6) is -0.212. The molecule has 0 heterocycles. The zero-order valence-corrected chi connectivity index (χ0v) is 13.0. The maximum Gasteiger partial charge on any atom is 0.330 e. The minimum Gasteiger partial charge on any atom is -0.467 e. The summed E-state index contributed by atoms with van der Waals surface area (Å²) in [6.07, 6.45) is 4.75. The molecule has 20 heavy (non-hydrogen) atoms. The lowest BCUT2D eigenvalue weighted by molar-refractivity contribution is -0.148. The van der Waals surface area contributed by atoms with Crippen LogP contribution in [-0.2, 0) is 15.1 Å². The number of rotatable bonds is 4. The van der Waals surface area contributed by atoms with Crippen LogP contribution in [0.25, 0.3) is 0 Å². The van der Waals surface area contributed by atoms with Crippen molar-refractivity contribution in [1.29, 1.82) is 0 Å². The Labute approximate surface area is 121 Å². The fourth-order valence-electron chi connectivity index (χ4n) is 3.30. The number of carbonyl (C=O) groups excluding carboxylic acids is 1. The van der Waals surface area contributed by atoms with E-state index in [9.17, 15) is 4.79 Å². The third-order valence-electron chi connectivity index (χ3n) is 4.36. The monoisotopic (exact) mass is 275 g/mol. The molecular weight excluding hydrogens is 250 g/mol. The van der Waals surface area contributed by atoms with E-state index in [2.05, 4.69) is 31.3 Å². The van der Waals surface area contributed by atoms with Crippen LogP contribution in [0, 0.1) is 13.8 Å². The van der Waals surface area contributed by atoms with Crippen molar-refractivity contribution in [1.82, 2.24) is 5.32 Å². The molecule has 1 saturated carbocycles. The van der Waals surface area contributed by atoms with Crippen LogP contribution in [0.5, 0.6) is 0 Å². The average Bonchev–Trinajstić information content (AvgIpc) is 2.90. The van der Waals surface area contributed by atoms with E-state index in [1.807, 2.05) is 13.0 Å². The largest absolute Gasteiger partial charge is 0.467 e. The number of hydrogen-bond acceptors (Lipinski definition) is 3. The summed E-state index contributed by atoms with van der Waals surface area (Å²) in [5, 5.41) is 3.55. The first-order valence-corrected chi connectivity index (χ1v) is 7.41. The minimum atomic E-state index is -0.762. The number of nitrogens with one attached hydrogen (secondary N) is 1. The van der Waals surface area contributed by atoms with Crippen molar-refractivity contribution in [3.05, 3.63) is 34.9 Å². The number of ether oxygens (including phenoxy) is 1. The van der Waals surface area contributed by atoms with Gasteiger partial charge < -0.3 is 4.74 Å². The molecule has 0 saturated heterocycles. The van der Waals surface area contributed by atoms with Crippen LogP contribution in [0.1, 0.15) is 49.3 Å². The normalized spacial score (nSPS) is 18.8. The highest BCUT2D eigenvalue weighted by atomic mass is 16.5. The van der Waals surface area contributed by atoms with Crippen LogP contribution in [0.2, 0.25) is 0 Å². The van der Waals surface area contributed by atoms with Crippen molar-refractivity contribution in [2.45, 2.75) is 58.0 Å². The summed E-state index contributed by atoms with van der Waals surface area (Å²) in [5.41, 5.74) is 2.59. The van der Waals surface area contributed by atoms with Crippen molar-refractivity contribution < 1.29 is 9.53 Å². The number of carbonyl (C=O) groups is 1. The lowest BCUT2D eigenvalue weighted by Crippen LogP contribution is -2.51. The molecule has 0 amide bonds. The molecule has 3 nitrogen and oxygen atoms in total. The Morgan fingerprint density at radius 3 is 2.50 bits per heavy atom. The maximum absolute atomic E-state index is 12.4. The molecule has 0 aromatic heterocycles. The first-order valence-electron chi connectivity index (χ1n) is 7.41. The van der Waals surface area contributed by atoms with Gasteiger partial charge in [0.2, 0.25) is 0 Å². The molecule has 0 bridgehead atoms. The van der Waals surface area contributed by atoms with Crippen LogP contribution < -0.4 is 5.32 Å². The molecule has 1 fully saturated rings. The minimum absolute atomic E-state index is 0.212. The van der Waals surface area contributed by atoms with Crippen molar-refractivity contribution >= 4 is 5.97 Å². The molecule has 3 heteroatoms. The number of esters is 1. The van der Waals surface area contributed by atoms with Crippen LogP contribution in [-0.4, -0.2) is 19.1 Å². The second-order valence-electron chi connectivity index (χ2n) is 6.06. The van der Waals surface area contributed by atoms with Crippen molar-refractivity contribution in [2.75, 3.05) is 7.11 Å². The lowest BCUT2D eigenvalue weighted by atomic mass is 9.86. The van der Waals surface area contributed by atoms with Gasteiger partial charge in [0.05, 0.1) is 7.11 Å². The Morgan fingerprint density at radius 1 is 1.30 bits per heavy atom. The Hall–Kier alpha value is -1.35. The molecule has 2 rings (SSSR count). The standard InChI is InChI=1S/C17H25NO2/c1-12-9-10-15(13(2)11-12)17(3,16(19)20-4)18-14-7-5-6-8-14/h9-11,14,18H,5-8H2,1-4H3. The molecule has 0 spiro atoms. The maximum atomic E-state index is 12.4. The van der Waals surface area contributed by atoms with Crippen molar-refractivity contribution in [3.63, 3.8) is 0 Å². The first-order chi connectivity index (χ1) is 9.47. The summed E-state index contributed by atoms with van der Waals surface area (Å²) in [6, 6.07) is 6.62. The highest BCUT2D eigenvalue weighted by Gasteiger charge is 2.39. The van der Waals surface area contributed by atoms with Crippen LogP contribution in [0.3, 0.4) is 0 Å². The van der Waals surface area contributed by atoms with Gasteiger partial charge in [-0.2, -0.15) is 0 Å². The van der Waals surface area contributed by atoms with Gasteiger partial charge in [-0.05, 0) is 44.7 Å². The first kappa shape index (κ1) is 15.0. The van der Waals surface area contributed by atoms with Gasteiger partial charge in [-0.15, -0.1) is 0 Å². The second kappa shape index (κ2) is 5.96. The quantitative estimate of drug-likeness (QED) is 0.857. The number of aryl methyl sites for hydroxylation is 2. The summed E-state index contributed by atoms with van der Waals surface area (Å²) >= 11 is 0. The molecule has 1 aliphatic carbocycles. The zero-order chi connectivity index (χ0) is 14.8. The summed E-state index contributed by atoms with van der Waals surface area (Å²) < 4.78 is 5.06. The van der Waals surface area contributed by atoms with E-state index in [-0.39, 0.29) is 5.97 Å². The average molecular weight is 275 g/mol. The molecular formula is C17H25NO2. The molecule has 1 unspecified atom stereocenters. The van der Waals surface area contributed by atoms with Gasteiger partial charge in [-0.3, -0.25) is 5.32 Å². The fraction of sp³-hybridized carbons (Fsp3) is 0.588. The second-order valence-corrected chi connectivity index (χ2v) is 6.06. The SMILES string of the molecule is COC(=O)C(C)(NC1CCCC1)c1ccc(C)cc1C. The number of benzene rings is 1. The third kappa shape index (κ3) is 2.88. The molecule has 1 aliphatic rings. The molecule has 1 atom stereocenters. The van der Waals surface area contributed by atoms with Gasteiger partial charge in [0, 0.05) is 6.04 Å². The predicted molar refractivity (Wildman–Crippen MR) is 80.7 cm³/mol. The van der Waals surface area contributed by atoms with Crippen molar-refractivity contribution in [2.24, 2.45) is 0 Å². The van der Waals surface area contributed by atoms with Crippen LogP contribution >= 0.6 is 0 Å². The van der Waals surface area contributed by atoms with E-state index >= 15 is 0 Å².